The number of halogens is 1. The van der Waals surface area contributed by atoms with Gasteiger partial charge >= 0.3 is 0 Å². The molecule has 0 radical (unpaired) electrons. The number of carbonyl (C=O) groups excluding carboxylic acids is 1. The van der Waals surface area contributed by atoms with Crippen molar-refractivity contribution in [3.8, 4) is 0 Å². The predicted octanol–water partition coefficient (Wildman–Crippen LogP) is 2.16. The zero-order valence-electron chi connectivity index (χ0n) is 10.9. The lowest BCUT2D eigenvalue weighted by molar-refractivity contribution is 0.0839. The number of benzene rings is 1. The Morgan fingerprint density at radius 1 is 1.33 bits per heavy atom. The van der Waals surface area contributed by atoms with E-state index in [4.69, 9.17) is 11.6 Å². The van der Waals surface area contributed by atoms with Gasteiger partial charge in [-0.2, -0.15) is 0 Å². The minimum atomic E-state index is -0.0732. The summed E-state index contributed by atoms with van der Waals surface area (Å²) < 4.78 is 0. The fraction of sp³-hybridized carbons (Fsp3) is 0.500. The van der Waals surface area contributed by atoms with Gasteiger partial charge in [-0.1, -0.05) is 23.7 Å². The summed E-state index contributed by atoms with van der Waals surface area (Å²) in [5.41, 5.74) is 0.703. The van der Waals surface area contributed by atoms with Gasteiger partial charge in [-0.05, 0) is 45.7 Å². The first kappa shape index (κ1) is 13.5. The van der Waals surface area contributed by atoms with Gasteiger partial charge in [0.05, 0.1) is 6.04 Å². The Hall–Kier alpha value is -0.900. The topological polar surface area (TPSA) is 23.6 Å². The third-order valence-corrected chi connectivity index (χ3v) is 3.71. The van der Waals surface area contributed by atoms with E-state index in [1.165, 1.54) is 0 Å². The quantitative estimate of drug-likeness (QED) is 0.767. The SMILES string of the molecule is CN1CCCN(C)C(C(=O)c2cccc(Cl)c2)C1. The van der Waals surface area contributed by atoms with Crippen molar-refractivity contribution in [1.82, 2.24) is 9.80 Å². The van der Waals surface area contributed by atoms with Gasteiger partial charge < -0.3 is 4.90 Å². The van der Waals surface area contributed by atoms with Crippen LogP contribution in [0.1, 0.15) is 16.8 Å². The van der Waals surface area contributed by atoms with Crippen molar-refractivity contribution in [2.75, 3.05) is 33.7 Å². The number of likely N-dealkylation sites (N-methyl/N-ethyl adjacent to an activating group) is 2. The second-order valence-electron chi connectivity index (χ2n) is 4.99. The van der Waals surface area contributed by atoms with Crippen molar-refractivity contribution in [3.05, 3.63) is 34.9 Å². The molecular weight excluding hydrogens is 248 g/mol. The molecule has 2 rings (SSSR count). The number of ketones is 1. The number of nitrogens with zero attached hydrogens (tertiary/aromatic N) is 2. The lowest BCUT2D eigenvalue weighted by Gasteiger charge is -2.26. The van der Waals surface area contributed by atoms with Crippen LogP contribution >= 0.6 is 11.6 Å². The highest BCUT2D eigenvalue weighted by atomic mass is 35.5. The van der Waals surface area contributed by atoms with Crippen LogP contribution in [-0.2, 0) is 0 Å². The number of rotatable bonds is 2. The van der Waals surface area contributed by atoms with Crippen molar-refractivity contribution >= 4 is 17.4 Å². The summed E-state index contributed by atoms with van der Waals surface area (Å²) in [5.74, 6) is 0.161. The predicted molar refractivity (Wildman–Crippen MR) is 74.3 cm³/mol. The van der Waals surface area contributed by atoms with Crippen molar-refractivity contribution in [3.63, 3.8) is 0 Å². The molecule has 0 N–H and O–H groups in total. The summed E-state index contributed by atoms with van der Waals surface area (Å²) in [6, 6.07) is 7.14. The fourth-order valence-corrected chi connectivity index (χ4v) is 2.58. The number of Topliss-reactive ketones (excluding diaryl/α,β-unsaturated/α-hetero) is 1. The molecule has 1 atom stereocenters. The van der Waals surface area contributed by atoms with Gasteiger partial charge in [0.25, 0.3) is 0 Å². The maximum absolute atomic E-state index is 12.5. The first-order valence-corrected chi connectivity index (χ1v) is 6.64. The maximum atomic E-state index is 12.5. The van der Waals surface area contributed by atoms with E-state index in [1.807, 2.05) is 19.2 Å². The standard InChI is InChI=1S/C14H19ClN2O/c1-16-7-4-8-17(2)13(10-16)14(18)11-5-3-6-12(15)9-11/h3,5-6,9,13H,4,7-8,10H2,1-2H3. The van der Waals surface area contributed by atoms with Crippen LogP contribution in [0.4, 0.5) is 0 Å². The Kier molecular flexibility index (Phi) is 4.38. The molecule has 0 amide bonds. The van der Waals surface area contributed by atoms with E-state index in [0.717, 1.165) is 26.1 Å². The normalized spacial score (nSPS) is 22.7. The summed E-state index contributed by atoms with van der Waals surface area (Å²) in [6.07, 6.45) is 1.10. The molecule has 98 valence electrons. The molecular formula is C14H19ClN2O. The van der Waals surface area contributed by atoms with Crippen LogP contribution in [0, 0.1) is 0 Å². The maximum Gasteiger partial charge on any atom is 0.181 e. The van der Waals surface area contributed by atoms with Crippen LogP contribution in [0.3, 0.4) is 0 Å². The monoisotopic (exact) mass is 266 g/mol. The molecule has 4 heteroatoms. The molecule has 1 heterocycles. The molecule has 0 aliphatic carbocycles. The minimum Gasteiger partial charge on any atom is -0.304 e. The highest BCUT2D eigenvalue weighted by molar-refractivity contribution is 6.31. The molecule has 1 fully saturated rings. The molecule has 18 heavy (non-hydrogen) atoms. The third-order valence-electron chi connectivity index (χ3n) is 3.48. The largest absolute Gasteiger partial charge is 0.304 e. The summed E-state index contributed by atoms with van der Waals surface area (Å²) >= 11 is 5.95. The van der Waals surface area contributed by atoms with Crippen LogP contribution < -0.4 is 0 Å². The summed E-state index contributed by atoms with van der Waals surface area (Å²) in [7, 11) is 4.09. The third kappa shape index (κ3) is 3.10. The van der Waals surface area contributed by atoms with E-state index in [2.05, 4.69) is 16.8 Å². The lowest BCUT2D eigenvalue weighted by atomic mass is 10.0. The molecule has 0 saturated carbocycles. The van der Waals surface area contributed by atoms with Gasteiger partial charge in [0.15, 0.2) is 5.78 Å². The average molecular weight is 267 g/mol. The Labute approximate surface area is 113 Å². The molecule has 0 spiro atoms. The van der Waals surface area contributed by atoms with Gasteiger partial charge in [0, 0.05) is 17.1 Å². The van der Waals surface area contributed by atoms with Crippen LogP contribution in [-0.4, -0.2) is 55.4 Å². The van der Waals surface area contributed by atoms with Gasteiger partial charge in [-0.25, -0.2) is 0 Å². The van der Waals surface area contributed by atoms with Gasteiger partial charge in [0.1, 0.15) is 0 Å². The molecule has 0 bridgehead atoms. The molecule has 1 unspecified atom stereocenters. The summed E-state index contributed by atoms with van der Waals surface area (Å²) in [4.78, 5) is 16.9. The van der Waals surface area contributed by atoms with Crippen LogP contribution in [0.5, 0.6) is 0 Å². The molecule has 1 aromatic carbocycles. The second-order valence-corrected chi connectivity index (χ2v) is 5.42. The molecule has 0 aromatic heterocycles. The minimum absolute atomic E-state index is 0.0732. The van der Waals surface area contributed by atoms with E-state index < -0.39 is 0 Å². The summed E-state index contributed by atoms with van der Waals surface area (Å²) in [6.45, 7) is 2.78. The van der Waals surface area contributed by atoms with Crippen molar-refractivity contribution in [1.29, 1.82) is 0 Å². The van der Waals surface area contributed by atoms with E-state index in [-0.39, 0.29) is 11.8 Å². The van der Waals surface area contributed by atoms with Gasteiger partial charge in [0.2, 0.25) is 0 Å². The first-order valence-electron chi connectivity index (χ1n) is 6.26. The Balaban J connectivity index is 2.20. The Bertz CT molecular complexity index is 436. The first-order chi connectivity index (χ1) is 8.58. The number of hydrogen-bond acceptors (Lipinski definition) is 3. The highest BCUT2D eigenvalue weighted by Crippen LogP contribution is 2.16. The van der Waals surface area contributed by atoms with E-state index in [0.29, 0.717) is 10.6 Å². The number of carbonyl (C=O) groups is 1. The molecule has 1 aliphatic heterocycles. The smallest absolute Gasteiger partial charge is 0.181 e. The average Bonchev–Trinajstić information content (AvgIpc) is 2.50. The zero-order chi connectivity index (χ0) is 13.1. The highest BCUT2D eigenvalue weighted by Gasteiger charge is 2.27. The molecule has 1 aromatic rings. The van der Waals surface area contributed by atoms with E-state index in [1.54, 1.807) is 12.1 Å². The Morgan fingerprint density at radius 2 is 2.11 bits per heavy atom. The van der Waals surface area contributed by atoms with Crippen LogP contribution in [0.15, 0.2) is 24.3 Å². The molecule has 1 saturated heterocycles. The van der Waals surface area contributed by atoms with Crippen molar-refractivity contribution in [2.24, 2.45) is 0 Å². The zero-order valence-corrected chi connectivity index (χ0v) is 11.7. The number of hydrogen-bond donors (Lipinski definition) is 0. The van der Waals surface area contributed by atoms with Crippen LogP contribution in [0.2, 0.25) is 5.02 Å². The summed E-state index contributed by atoms with van der Waals surface area (Å²) in [5, 5.41) is 0.616. The fourth-order valence-electron chi connectivity index (χ4n) is 2.39. The van der Waals surface area contributed by atoms with Crippen molar-refractivity contribution < 1.29 is 4.79 Å². The Morgan fingerprint density at radius 3 is 2.83 bits per heavy atom. The van der Waals surface area contributed by atoms with Crippen LogP contribution in [0.25, 0.3) is 0 Å². The molecule has 3 nitrogen and oxygen atoms in total. The lowest BCUT2D eigenvalue weighted by Crippen LogP contribution is -2.43. The van der Waals surface area contributed by atoms with Crippen molar-refractivity contribution in [2.45, 2.75) is 12.5 Å². The van der Waals surface area contributed by atoms with Gasteiger partial charge in [-0.3, -0.25) is 9.69 Å². The van der Waals surface area contributed by atoms with Gasteiger partial charge in [-0.15, -0.1) is 0 Å². The van der Waals surface area contributed by atoms with E-state index in [9.17, 15) is 4.79 Å². The second kappa shape index (κ2) is 5.83. The van der Waals surface area contributed by atoms with E-state index >= 15 is 0 Å². The molecule has 1 aliphatic rings.